The van der Waals surface area contributed by atoms with Crippen LogP contribution in [0.5, 0.6) is 11.5 Å². The maximum absolute atomic E-state index is 12.3. The number of methoxy groups -OCH3 is 2. The molecule has 33 heavy (non-hydrogen) atoms. The van der Waals surface area contributed by atoms with E-state index in [2.05, 4.69) is 10.1 Å². The Morgan fingerprint density at radius 1 is 1.00 bits per heavy atom. The van der Waals surface area contributed by atoms with E-state index in [0.29, 0.717) is 39.7 Å². The maximum Gasteiger partial charge on any atom is 0.231 e. The number of rotatable bonds is 6. The second-order valence-corrected chi connectivity index (χ2v) is 8.77. The van der Waals surface area contributed by atoms with Crippen molar-refractivity contribution in [3.8, 4) is 22.8 Å². The molecular formula is C25H26N4O4. The first kappa shape index (κ1) is 22.3. The normalized spacial score (nSPS) is 12.5. The molecule has 0 radical (unpaired) electrons. The number of aromatic nitrogens is 3. The van der Waals surface area contributed by atoms with Crippen LogP contribution in [-0.2, 0) is 10.2 Å². The minimum atomic E-state index is -0.710. The quantitative estimate of drug-likeness (QED) is 0.472. The van der Waals surface area contributed by atoms with Crippen molar-refractivity contribution in [3.63, 3.8) is 0 Å². The summed E-state index contributed by atoms with van der Waals surface area (Å²) in [4.78, 5) is 21.5. The van der Waals surface area contributed by atoms with Crippen molar-refractivity contribution >= 4 is 16.9 Å². The van der Waals surface area contributed by atoms with Gasteiger partial charge in [0.1, 0.15) is 17.4 Å². The molecule has 170 valence electrons. The number of hydrogen-bond donors (Lipinski definition) is 1. The van der Waals surface area contributed by atoms with Crippen LogP contribution >= 0.6 is 0 Å². The zero-order valence-electron chi connectivity index (χ0n) is 19.2. The standard InChI is InChI=1S/C25H26N4O4/c1-25(2,3)22-12-18(29-33-22)23(24(26)30)15-8-6-14(7-9-15)19-13-27-16-10-20(31-4)21(32-5)11-17(16)28-19/h6-13,23H,1-5H3,(H2,26,30). The Kier molecular flexibility index (Phi) is 5.76. The van der Waals surface area contributed by atoms with Crippen molar-refractivity contribution in [1.82, 2.24) is 15.1 Å². The van der Waals surface area contributed by atoms with Gasteiger partial charge in [-0.2, -0.15) is 0 Å². The average molecular weight is 447 g/mol. The van der Waals surface area contributed by atoms with E-state index in [9.17, 15) is 4.79 Å². The molecule has 0 saturated heterocycles. The molecular weight excluding hydrogens is 420 g/mol. The molecule has 0 saturated carbocycles. The highest BCUT2D eigenvalue weighted by atomic mass is 16.5. The summed E-state index contributed by atoms with van der Waals surface area (Å²) >= 11 is 0. The number of carbonyl (C=O) groups excluding carboxylic acids is 1. The van der Waals surface area contributed by atoms with Gasteiger partial charge in [0.2, 0.25) is 5.91 Å². The Labute approximate surface area is 191 Å². The topological polar surface area (TPSA) is 113 Å². The number of nitrogens with two attached hydrogens (primary N) is 1. The number of hydrogen-bond acceptors (Lipinski definition) is 7. The van der Waals surface area contributed by atoms with E-state index in [4.69, 9.17) is 24.7 Å². The zero-order valence-corrected chi connectivity index (χ0v) is 19.2. The van der Waals surface area contributed by atoms with Crippen LogP contribution in [0.3, 0.4) is 0 Å². The number of primary amides is 1. The third kappa shape index (κ3) is 4.37. The Morgan fingerprint density at radius 2 is 1.64 bits per heavy atom. The van der Waals surface area contributed by atoms with Crippen molar-refractivity contribution in [3.05, 3.63) is 65.7 Å². The van der Waals surface area contributed by atoms with Gasteiger partial charge in [-0.15, -0.1) is 0 Å². The van der Waals surface area contributed by atoms with E-state index in [0.717, 1.165) is 11.1 Å². The molecule has 1 amide bonds. The summed E-state index contributed by atoms with van der Waals surface area (Å²) in [6, 6.07) is 12.8. The molecule has 0 bridgehead atoms. The molecule has 0 aliphatic rings. The van der Waals surface area contributed by atoms with Crippen LogP contribution < -0.4 is 15.2 Å². The van der Waals surface area contributed by atoms with Gasteiger partial charge in [-0.25, -0.2) is 4.98 Å². The van der Waals surface area contributed by atoms with Crippen LogP contribution in [0.2, 0.25) is 0 Å². The highest BCUT2D eigenvalue weighted by molar-refractivity contribution is 5.85. The lowest BCUT2D eigenvalue weighted by Crippen LogP contribution is -2.22. The molecule has 2 heterocycles. The van der Waals surface area contributed by atoms with Gasteiger partial charge in [-0.05, 0) is 5.56 Å². The lowest BCUT2D eigenvalue weighted by atomic mass is 9.90. The summed E-state index contributed by atoms with van der Waals surface area (Å²) in [7, 11) is 3.16. The lowest BCUT2D eigenvalue weighted by molar-refractivity contribution is -0.118. The number of amides is 1. The third-order valence-electron chi connectivity index (χ3n) is 5.44. The van der Waals surface area contributed by atoms with Crippen molar-refractivity contribution in [2.24, 2.45) is 5.73 Å². The van der Waals surface area contributed by atoms with E-state index < -0.39 is 11.8 Å². The van der Waals surface area contributed by atoms with Crippen LogP contribution in [-0.4, -0.2) is 35.3 Å². The van der Waals surface area contributed by atoms with Crippen LogP contribution in [0.25, 0.3) is 22.3 Å². The van der Waals surface area contributed by atoms with E-state index >= 15 is 0 Å². The Morgan fingerprint density at radius 3 is 2.18 bits per heavy atom. The molecule has 0 aliphatic carbocycles. The number of nitrogens with zero attached hydrogens (tertiary/aromatic N) is 3. The first-order valence-corrected chi connectivity index (χ1v) is 10.5. The van der Waals surface area contributed by atoms with Gasteiger partial charge in [0.05, 0.1) is 37.1 Å². The highest BCUT2D eigenvalue weighted by Crippen LogP contribution is 2.33. The van der Waals surface area contributed by atoms with Gasteiger partial charge in [-0.3, -0.25) is 9.78 Å². The fourth-order valence-corrected chi connectivity index (χ4v) is 3.58. The monoisotopic (exact) mass is 446 g/mol. The van der Waals surface area contributed by atoms with E-state index in [1.54, 1.807) is 38.6 Å². The molecule has 0 fully saturated rings. The van der Waals surface area contributed by atoms with E-state index in [1.165, 1.54) is 0 Å². The molecule has 4 rings (SSSR count). The highest BCUT2D eigenvalue weighted by Gasteiger charge is 2.27. The minimum Gasteiger partial charge on any atom is -0.493 e. The number of carbonyl (C=O) groups is 1. The minimum absolute atomic E-state index is 0.223. The lowest BCUT2D eigenvalue weighted by Gasteiger charge is -2.13. The van der Waals surface area contributed by atoms with Gasteiger partial charge < -0.3 is 19.7 Å². The Hall–Kier alpha value is -3.94. The molecule has 4 aromatic rings. The summed E-state index contributed by atoms with van der Waals surface area (Å²) in [5, 5.41) is 4.11. The van der Waals surface area contributed by atoms with Crippen molar-refractivity contribution in [2.75, 3.05) is 14.2 Å². The molecule has 8 heteroatoms. The fraction of sp³-hybridized carbons (Fsp3) is 0.280. The average Bonchev–Trinajstić information content (AvgIpc) is 3.28. The Bertz CT molecular complexity index is 1310. The smallest absolute Gasteiger partial charge is 0.231 e. The number of fused-ring (bicyclic) bond motifs is 1. The van der Waals surface area contributed by atoms with Crippen molar-refractivity contribution in [2.45, 2.75) is 32.1 Å². The predicted octanol–water partition coefficient (Wildman–Crippen LogP) is 4.22. The first-order valence-electron chi connectivity index (χ1n) is 10.5. The molecule has 2 aromatic carbocycles. The van der Waals surface area contributed by atoms with Gasteiger partial charge >= 0.3 is 0 Å². The molecule has 0 aliphatic heterocycles. The largest absolute Gasteiger partial charge is 0.493 e. The van der Waals surface area contributed by atoms with Gasteiger partial charge in [0.15, 0.2) is 11.5 Å². The molecule has 2 N–H and O–H groups in total. The van der Waals surface area contributed by atoms with Crippen LogP contribution in [0.1, 0.15) is 43.7 Å². The summed E-state index contributed by atoms with van der Waals surface area (Å²) < 4.78 is 16.2. The van der Waals surface area contributed by atoms with Crippen LogP contribution in [0.4, 0.5) is 0 Å². The summed E-state index contributed by atoms with van der Waals surface area (Å²) in [5.74, 6) is 0.662. The van der Waals surface area contributed by atoms with Crippen LogP contribution in [0, 0.1) is 0 Å². The molecule has 2 aromatic heterocycles. The van der Waals surface area contributed by atoms with Crippen molar-refractivity contribution < 1.29 is 18.8 Å². The summed E-state index contributed by atoms with van der Waals surface area (Å²) in [6.07, 6.45) is 1.70. The van der Waals surface area contributed by atoms with Gasteiger partial charge in [-0.1, -0.05) is 50.2 Å². The predicted molar refractivity (Wildman–Crippen MR) is 124 cm³/mol. The SMILES string of the molecule is COc1cc2ncc(-c3ccc(C(C(N)=O)c4cc(C(C)(C)C)on4)cc3)nc2cc1OC. The summed E-state index contributed by atoms with van der Waals surface area (Å²) in [6.45, 7) is 6.05. The molecule has 1 unspecified atom stereocenters. The van der Waals surface area contributed by atoms with Gasteiger partial charge in [0, 0.05) is 29.2 Å². The van der Waals surface area contributed by atoms with Crippen molar-refractivity contribution in [1.29, 1.82) is 0 Å². The first-order chi connectivity index (χ1) is 15.7. The number of benzene rings is 2. The molecule has 1 atom stereocenters. The van der Waals surface area contributed by atoms with Gasteiger partial charge in [0.25, 0.3) is 0 Å². The second-order valence-electron chi connectivity index (χ2n) is 8.77. The number of ether oxygens (including phenoxy) is 2. The molecule has 0 spiro atoms. The van der Waals surface area contributed by atoms with E-state index in [-0.39, 0.29) is 5.41 Å². The Balaban J connectivity index is 1.67. The van der Waals surface area contributed by atoms with Crippen LogP contribution in [0.15, 0.2) is 53.2 Å². The summed E-state index contributed by atoms with van der Waals surface area (Å²) in [5.41, 5.74) is 9.62. The fourth-order valence-electron chi connectivity index (χ4n) is 3.58. The molecule has 8 nitrogen and oxygen atoms in total. The van der Waals surface area contributed by atoms with E-state index in [1.807, 2.05) is 45.0 Å². The zero-order chi connectivity index (χ0) is 23.8. The second kappa shape index (κ2) is 8.54. The maximum atomic E-state index is 12.3. The third-order valence-corrected chi connectivity index (χ3v) is 5.44.